The molecule has 0 aromatic carbocycles. The molecule has 0 unspecified atom stereocenters. The molecule has 2 aromatic heterocycles. The molecule has 0 aliphatic rings. The van der Waals surface area contributed by atoms with Crippen LogP contribution in [-0.4, -0.2) is 25.2 Å². The first-order valence-electron chi connectivity index (χ1n) is 9.55. The first-order chi connectivity index (χ1) is 11.9. The van der Waals surface area contributed by atoms with Crippen LogP contribution in [0.25, 0.3) is 0 Å². The predicted molar refractivity (Wildman–Crippen MR) is 96.7 cm³/mol. The van der Waals surface area contributed by atoms with E-state index in [9.17, 15) is 0 Å². The zero-order valence-corrected chi connectivity index (χ0v) is 15.0. The molecular formula is C19H31N5. The van der Waals surface area contributed by atoms with Gasteiger partial charge in [-0.2, -0.15) is 4.80 Å². The lowest BCUT2D eigenvalue weighted by atomic mass is 10.1. The van der Waals surface area contributed by atoms with Gasteiger partial charge in [-0.1, -0.05) is 70.8 Å². The minimum atomic E-state index is 0.652. The van der Waals surface area contributed by atoms with Gasteiger partial charge in [0.2, 0.25) is 0 Å². The topological polar surface area (TPSA) is 56.5 Å². The Morgan fingerprint density at radius 1 is 0.875 bits per heavy atom. The van der Waals surface area contributed by atoms with Crippen LogP contribution in [0.4, 0.5) is 0 Å². The lowest BCUT2D eigenvalue weighted by Gasteiger charge is -2.02. The van der Waals surface area contributed by atoms with E-state index in [0.717, 1.165) is 24.5 Å². The van der Waals surface area contributed by atoms with Crippen LogP contribution in [0.5, 0.6) is 0 Å². The number of aromatic nitrogens is 5. The summed E-state index contributed by atoms with van der Waals surface area (Å²) in [6, 6.07) is 5.89. The molecule has 0 saturated heterocycles. The van der Waals surface area contributed by atoms with E-state index in [2.05, 4.69) is 27.3 Å². The van der Waals surface area contributed by atoms with E-state index in [0.29, 0.717) is 6.42 Å². The van der Waals surface area contributed by atoms with Crippen LogP contribution in [0.2, 0.25) is 0 Å². The van der Waals surface area contributed by atoms with Crippen molar-refractivity contribution in [2.45, 2.75) is 84.1 Å². The summed E-state index contributed by atoms with van der Waals surface area (Å²) in [4.78, 5) is 6.02. The highest BCUT2D eigenvalue weighted by atomic mass is 15.6. The molecule has 0 radical (unpaired) electrons. The molecule has 24 heavy (non-hydrogen) atoms. The normalized spacial score (nSPS) is 11.0. The van der Waals surface area contributed by atoms with Crippen LogP contribution in [0, 0.1) is 0 Å². The molecule has 5 heteroatoms. The summed E-state index contributed by atoms with van der Waals surface area (Å²) in [5.74, 6) is 0.751. The van der Waals surface area contributed by atoms with Crippen molar-refractivity contribution in [1.29, 1.82) is 0 Å². The van der Waals surface area contributed by atoms with Crippen molar-refractivity contribution in [3.8, 4) is 0 Å². The van der Waals surface area contributed by atoms with Crippen LogP contribution in [0.1, 0.15) is 82.7 Å². The molecule has 0 amide bonds. The summed E-state index contributed by atoms with van der Waals surface area (Å²) >= 11 is 0. The maximum Gasteiger partial charge on any atom is 0.180 e. The van der Waals surface area contributed by atoms with Gasteiger partial charge in [0.25, 0.3) is 0 Å². The summed E-state index contributed by atoms with van der Waals surface area (Å²) in [6.07, 6.45) is 15.9. The molecule has 2 rings (SSSR count). The number of hydrogen-bond acceptors (Lipinski definition) is 4. The number of nitrogens with zero attached hydrogens (tertiary/aromatic N) is 5. The molecule has 0 aliphatic heterocycles. The van der Waals surface area contributed by atoms with Gasteiger partial charge in [-0.3, -0.25) is 4.98 Å². The van der Waals surface area contributed by atoms with Crippen molar-refractivity contribution >= 4 is 0 Å². The lowest BCUT2D eigenvalue weighted by Crippen LogP contribution is -2.03. The largest absolute Gasteiger partial charge is 0.261 e. The number of unbranched alkanes of at least 4 members (excludes halogenated alkanes) is 9. The summed E-state index contributed by atoms with van der Waals surface area (Å²) in [7, 11) is 0. The molecule has 0 atom stereocenters. The minimum absolute atomic E-state index is 0.652. The number of aryl methyl sites for hydroxylation is 1. The van der Waals surface area contributed by atoms with E-state index in [-0.39, 0.29) is 0 Å². The Hall–Kier alpha value is -1.78. The summed E-state index contributed by atoms with van der Waals surface area (Å²) in [5.41, 5.74) is 0.982. The van der Waals surface area contributed by atoms with Crippen LogP contribution in [0.15, 0.2) is 24.4 Å². The zero-order chi connectivity index (χ0) is 16.9. The highest BCUT2D eigenvalue weighted by Gasteiger charge is 2.04. The van der Waals surface area contributed by atoms with Gasteiger partial charge in [-0.25, -0.2) is 0 Å². The van der Waals surface area contributed by atoms with Crippen molar-refractivity contribution in [3.63, 3.8) is 0 Å². The van der Waals surface area contributed by atoms with Gasteiger partial charge in [0.15, 0.2) is 5.82 Å². The van der Waals surface area contributed by atoms with Crippen LogP contribution < -0.4 is 0 Å². The van der Waals surface area contributed by atoms with Gasteiger partial charge in [-0.05, 0) is 23.8 Å². The van der Waals surface area contributed by atoms with E-state index in [1.54, 1.807) is 11.0 Å². The SMILES string of the molecule is CCCCCCCCCCCCn1nnc(Cc2ccccn2)n1. The maximum absolute atomic E-state index is 4.44. The molecule has 0 saturated carbocycles. The Balaban J connectivity index is 1.51. The summed E-state index contributed by atoms with van der Waals surface area (Å²) in [5, 5.41) is 12.7. The average molecular weight is 329 g/mol. The first-order valence-corrected chi connectivity index (χ1v) is 9.55. The van der Waals surface area contributed by atoms with E-state index in [1.165, 1.54) is 57.8 Å². The standard InChI is InChI=1S/C19H31N5/c1-2-3-4-5-6-7-8-9-10-13-16-24-22-19(21-23-24)17-18-14-11-12-15-20-18/h11-12,14-15H,2-10,13,16-17H2,1H3. The first kappa shape index (κ1) is 18.6. The number of hydrogen-bond donors (Lipinski definition) is 0. The predicted octanol–water partition coefficient (Wildman–Crippen LogP) is 4.58. The van der Waals surface area contributed by atoms with Gasteiger partial charge in [-0.15, -0.1) is 10.2 Å². The maximum atomic E-state index is 4.44. The van der Waals surface area contributed by atoms with Crippen molar-refractivity contribution in [3.05, 3.63) is 35.9 Å². The zero-order valence-electron chi connectivity index (χ0n) is 15.0. The number of rotatable bonds is 13. The molecule has 0 N–H and O–H groups in total. The van der Waals surface area contributed by atoms with Gasteiger partial charge in [0.1, 0.15) is 0 Å². The summed E-state index contributed by atoms with van der Waals surface area (Å²) < 4.78 is 0. The Kier molecular flexibility index (Phi) is 9.05. The van der Waals surface area contributed by atoms with E-state index < -0.39 is 0 Å². The molecule has 5 nitrogen and oxygen atoms in total. The highest BCUT2D eigenvalue weighted by molar-refractivity contribution is 5.08. The Morgan fingerprint density at radius 2 is 1.58 bits per heavy atom. The molecule has 2 heterocycles. The highest BCUT2D eigenvalue weighted by Crippen LogP contribution is 2.10. The van der Waals surface area contributed by atoms with Crippen molar-refractivity contribution < 1.29 is 0 Å². The second kappa shape index (κ2) is 11.7. The smallest absolute Gasteiger partial charge is 0.180 e. The third-order valence-electron chi connectivity index (χ3n) is 4.27. The average Bonchev–Trinajstić information content (AvgIpc) is 3.05. The summed E-state index contributed by atoms with van der Waals surface area (Å²) in [6.45, 7) is 3.14. The quantitative estimate of drug-likeness (QED) is 0.505. The molecular weight excluding hydrogens is 298 g/mol. The van der Waals surface area contributed by atoms with E-state index in [4.69, 9.17) is 0 Å². The van der Waals surface area contributed by atoms with Gasteiger partial charge in [0, 0.05) is 11.9 Å². The third-order valence-corrected chi connectivity index (χ3v) is 4.27. The molecule has 0 fully saturated rings. The van der Waals surface area contributed by atoms with Gasteiger partial charge in [0.05, 0.1) is 13.0 Å². The molecule has 0 aliphatic carbocycles. The molecule has 2 aromatic rings. The lowest BCUT2D eigenvalue weighted by molar-refractivity contribution is 0.470. The fourth-order valence-electron chi connectivity index (χ4n) is 2.85. The minimum Gasteiger partial charge on any atom is -0.261 e. The van der Waals surface area contributed by atoms with Gasteiger partial charge < -0.3 is 0 Å². The second-order valence-electron chi connectivity index (χ2n) is 6.48. The van der Waals surface area contributed by atoms with Crippen LogP contribution >= 0.6 is 0 Å². The molecule has 0 bridgehead atoms. The Morgan fingerprint density at radius 3 is 2.25 bits per heavy atom. The van der Waals surface area contributed by atoms with Crippen molar-refractivity contribution in [1.82, 2.24) is 25.2 Å². The Bertz CT molecular complexity index is 538. The fraction of sp³-hybridized carbons (Fsp3) is 0.684. The van der Waals surface area contributed by atoms with Crippen LogP contribution in [0.3, 0.4) is 0 Å². The van der Waals surface area contributed by atoms with Crippen molar-refractivity contribution in [2.75, 3.05) is 0 Å². The Labute approximate surface area is 145 Å². The monoisotopic (exact) mass is 329 g/mol. The van der Waals surface area contributed by atoms with Gasteiger partial charge >= 0.3 is 0 Å². The van der Waals surface area contributed by atoms with E-state index >= 15 is 0 Å². The fourth-order valence-corrected chi connectivity index (χ4v) is 2.85. The van der Waals surface area contributed by atoms with Crippen LogP contribution in [-0.2, 0) is 13.0 Å². The van der Waals surface area contributed by atoms with Crippen molar-refractivity contribution in [2.24, 2.45) is 0 Å². The third kappa shape index (κ3) is 7.66. The van der Waals surface area contributed by atoms with E-state index in [1.807, 2.05) is 18.2 Å². The number of tetrazole rings is 1. The molecule has 132 valence electrons. The second-order valence-corrected chi connectivity index (χ2v) is 6.48. The molecule has 0 spiro atoms. The number of pyridine rings is 1.